The molecule has 0 bridgehead atoms. The Morgan fingerprint density at radius 1 is 1.25 bits per heavy atom. The SMILES string of the molecule is CCCCCCNCCS(=O)[O-]. The van der Waals surface area contributed by atoms with Crippen molar-refractivity contribution in [2.45, 2.75) is 32.6 Å². The zero-order chi connectivity index (χ0) is 9.23. The molecule has 1 atom stereocenters. The normalized spacial score (nSPS) is 13.2. The van der Waals surface area contributed by atoms with Crippen LogP contribution in [0.25, 0.3) is 0 Å². The first-order valence-corrected chi connectivity index (χ1v) is 5.78. The summed E-state index contributed by atoms with van der Waals surface area (Å²) in [6.45, 7) is 3.70. The zero-order valence-electron chi connectivity index (χ0n) is 7.67. The van der Waals surface area contributed by atoms with Crippen molar-refractivity contribution in [1.29, 1.82) is 0 Å². The minimum absolute atomic E-state index is 0.230. The van der Waals surface area contributed by atoms with Crippen LogP contribution < -0.4 is 5.32 Å². The van der Waals surface area contributed by atoms with Crippen molar-refractivity contribution in [1.82, 2.24) is 5.32 Å². The second-order valence-electron chi connectivity index (χ2n) is 2.82. The van der Waals surface area contributed by atoms with Crippen LogP contribution in [0.1, 0.15) is 32.6 Å². The van der Waals surface area contributed by atoms with Gasteiger partial charge in [0.15, 0.2) is 0 Å². The van der Waals surface area contributed by atoms with Gasteiger partial charge in [-0.2, -0.15) is 0 Å². The second-order valence-corrected chi connectivity index (χ2v) is 3.83. The Morgan fingerprint density at radius 2 is 2.00 bits per heavy atom. The van der Waals surface area contributed by atoms with Gasteiger partial charge in [-0.25, -0.2) is 0 Å². The molecule has 0 aliphatic rings. The molecule has 12 heavy (non-hydrogen) atoms. The highest BCUT2D eigenvalue weighted by Gasteiger charge is 1.88. The van der Waals surface area contributed by atoms with Crippen LogP contribution in [0, 0.1) is 0 Å². The molecule has 0 amide bonds. The lowest BCUT2D eigenvalue weighted by molar-refractivity contribution is 0.532. The van der Waals surface area contributed by atoms with Crippen LogP contribution in [-0.4, -0.2) is 27.6 Å². The van der Waals surface area contributed by atoms with Gasteiger partial charge in [0.05, 0.1) is 0 Å². The number of unbranched alkanes of at least 4 members (excludes halogenated alkanes) is 3. The molecule has 4 heteroatoms. The maximum Gasteiger partial charge on any atom is 0.0227 e. The van der Waals surface area contributed by atoms with Gasteiger partial charge in [0.25, 0.3) is 0 Å². The predicted octanol–water partition coefficient (Wildman–Crippen LogP) is 1.04. The summed E-state index contributed by atoms with van der Waals surface area (Å²) < 4.78 is 20.2. The van der Waals surface area contributed by atoms with E-state index in [1.807, 2.05) is 0 Å². The number of rotatable bonds is 8. The summed E-state index contributed by atoms with van der Waals surface area (Å²) in [4.78, 5) is 0. The number of nitrogens with one attached hydrogen (secondary N) is 1. The van der Waals surface area contributed by atoms with Gasteiger partial charge < -0.3 is 9.87 Å². The predicted molar refractivity (Wildman–Crippen MR) is 50.8 cm³/mol. The smallest absolute Gasteiger partial charge is 0.0227 e. The van der Waals surface area contributed by atoms with Gasteiger partial charge in [-0.15, -0.1) is 0 Å². The van der Waals surface area contributed by atoms with E-state index in [0.717, 1.165) is 13.0 Å². The van der Waals surface area contributed by atoms with Crippen molar-refractivity contribution in [3.05, 3.63) is 0 Å². The van der Waals surface area contributed by atoms with Crippen molar-refractivity contribution < 1.29 is 8.76 Å². The van der Waals surface area contributed by atoms with Crippen LogP contribution in [0.2, 0.25) is 0 Å². The molecule has 0 radical (unpaired) electrons. The summed E-state index contributed by atoms with van der Waals surface area (Å²) in [6.07, 6.45) is 4.91. The Balaban J connectivity index is 2.86. The molecular weight excluding hydrogens is 174 g/mol. The summed E-state index contributed by atoms with van der Waals surface area (Å²) in [5.74, 6) is 0.230. The molecule has 0 aliphatic heterocycles. The van der Waals surface area contributed by atoms with E-state index in [1.54, 1.807) is 0 Å². The molecule has 0 saturated carbocycles. The third-order valence-electron chi connectivity index (χ3n) is 1.65. The minimum atomic E-state index is -1.89. The summed E-state index contributed by atoms with van der Waals surface area (Å²) in [5, 5.41) is 3.08. The average Bonchev–Trinajstić information content (AvgIpc) is 2.02. The highest BCUT2D eigenvalue weighted by molar-refractivity contribution is 7.79. The van der Waals surface area contributed by atoms with Crippen molar-refractivity contribution in [2.75, 3.05) is 18.8 Å². The van der Waals surface area contributed by atoms with E-state index < -0.39 is 11.1 Å². The fraction of sp³-hybridized carbons (Fsp3) is 1.00. The first kappa shape index (κ1) is 12.1. The van der Waals surface area contributed by atoms with E-state index in [-0.39, 0.29) is 5.75 Å². The highest BCUT2D eigenvalue weighted by Crippen LogP contribution is 1.96. The Bertz CT molecular complexity index is 120. The van der Waals surface area contributed by atoms with E-state index in [1.165, 1.54) is 19.3 Å². The van der Waals surface area contributed by atoms with E-state index in [0.29, 0.717) is 6.54 Å². The third kappa shape index (κ3) is 10.1. The second kappa shape index (κ2) is 9.16. The van der Waals surface area contributed by atoms with Crippen LogP contribution in [0.3, 0.4) is 0 Å². The molecular formula is C8H18NO2S-. The van der Waals surface area contributed by atoms with Crippen molar-refractivity contribution in [3.8, 4) is 0 Å². The standard InChI is InChI=1S/C8H19NO2S/c1-2-3-4-5-6-9-7-8-12(10)11/h9H,2-8H2,1H3,(H,10,11)/p-1. The van der Waals surface area contributed by atoms with Gasteiger partial charge in [-0.3, -0.25) is 4.21 Å². The van der Waals surface area contributed by atoms with Crippen molar-refractivity contribution in [3.63, 3.8) is 0 Å². The first-order valence-electron chi connectivity index (χ1n) is 4.54. The Hall–Kier alpha value is 0.0700. The molecule has 0 spiro atoms. The summed E-state index contributed by atoms with van der Waals surface area (Å²) in [7, 11) is 0. The van der Waals surface area contributed by atoms with Gasteiger partial charge >= 0.3 is 0 Å². The minimum Gasteiger partial charge on any atom is -0.772 e. The fourth-order valence-corrected chi connectivity index (χ4v) is 1.27. The lowest BCUT2D eigenvalue weighted by Crippen LogP contribution is -2.21. The van der Waals surface area contributed by atoms with Crippen LogP contribution >= 0.6 is 0 Å². The van der Waals surface area contributed by atoms with Crippen LogP contribution in [0.5, 0.6) is 0 Å². The van der Waals surface area contributed by atoms with E-state index in [2.05, 4.69) is 12.2 Å². The first-order chi connectivity index (χ1) is 5.77. The lowest BCUT2D eigenvalue weighted by Gasteiger charge is -2.05. The maximum absolute atomic E-state index is 10.1. The zero-order valence-corrected chi connectivity index (χ0v) is 8.49. The summed E-state index contributed by atoms with van der Waals surface area (Å²) in [5.41, 5.74) is 0. The Labute approximate surface area is 77.2 Å². The van der Waals surface area contributed by atoms with E-state index in [4.69, 9.17) is 0 Å². The summed E-state index contributed by atoms with van der Waals surface area (Å²) >= 11 is -1.89. The average molecular weight is 192 g/mol. The molecule has 0 aromatic rings. The molecule has 0 rings (SSSR count). The van der Waals surface area contributed by atoms with Crippen LogP contribution in [-0.2, 0) is 11.1 Å². The van der Waals surface area contributed by atoms with Gasteiger partial charge in [-0.05, 0) is 13.0 Å². The monoisotopic (exact) mass is 192 g/mol. The molecule has 0 heterocycles. The molecule has 0 saturated heterocycles. The highest BCUT2D eigenvalue weighted by atomic mass is 32.2. The van der Waals surface area contributed by atoms with Gasteiger partial charge in [-0.1, -0.05) is 37.3 Å². The van der Waals surface area contributed by atoms with Crippen LogP contribution in [0.4, 0.5) is 0 Å². The Kier molecular flexibility index (Phi) is 9.21. The molecule has 0 aromatic heterocycles. The largest absolute Gasteiger partial charge is 0.772 e. The maximum atomic E-state index is 10.1. The lowest BCUT2D eigenvalue weighted by atomic mass is 10.2. The quantitative estimate of drug-likeness (QED) is 0.462. The van der Waals surface area contributed by atoms with Gasteiger partial charge in [0, 0.05) is 12.3 Å². The topological polar surface area (TPSA) is 52.2 Å². The molecule has 1 unspecified atom stereocenters. The molecule has 3 nitrogen and oxygen atoms in total. The molecule has 0 aliphatic carbocycles. The van der Waals surface area contributed by atoms with Gasteiger partial charge in [0.2, 0.25) is 0 Å². The number of hydrogen-bond donors (Lipinski definition) is 1. The molecule has 74 valence electrons. The molecule has 0 fully saturated rings. The van der Waals surface area contributed by atoms with E-state index >= 15 is 0 Å². The Morgan fingerprint density at radius 3 is 2.58 bits per heavy atom. The van der Waals surface area contributed by atoms with Crippen molar-refractivity contribution >= 4 is 11.1 Å². The summed E-state index contributed by atoms with van der Waals surface area (Å²) in [6, 6.07) is 0. The molecule has 0 aromatic carbocycles. The molecule has 1 N–H and O–H groups in total. The van der Waals surface area contributed by atoms with Crippen LogP contribution in [0.15, 0.2) is 0 Å². The fourth-order valence-electron chi connectivity index (χ4n) is 0.957. The van der Waals surface area contributed by atoms with Crippen molar-refractivity contribution in [2.24, 2.45) is 0 Å². The third-order valence-corrected chi connectivity index (χ3v) is 2.19. The van der Waals surface area contributed by atoms with Gasteiger partial charge in [0.1, 0.15) is 0 Å². The van der Waals surface area contributed by atoms with E-state index in [9.17, 15) is 8.76 Å². The number of hydrogen-bond acceptors (Lipinski definition) is 3.